The molecule has 27 heavy (non-hydrogen) atoms. The number of nitrogens with zero attached hydrogens (tertiary/aromatic N) is 1. The van der Waals surface area contributed by atoms with E-state index in [9.17, 15) is 14.4 Å². The molecule has 7 heteroatoms. The van der Waals surface area contributed by atoms with Gasteiger partial charge in [0.25, 0.3) is 17.4 Å². The van der Waals surface area contributed by atoms with Crippen molar-refractivity contribution >= 4 is 33.9 Å². The first kappa shape index (κ1) is 17.5. The van der Waals surface area contributed by atoms with E-state index in [1.165, 1.54) is 17.5 Å². The van der Waals surface area contributed by atoms with Crippen LogP contribution in [-0.2, 0) is 0 Å². The predicted molar refractivity (Wildman–Crippen MR) is 105 cm³/mol. The first-order valence-corrected chi connectivity index (χ1v) is 9.65. The Labute approximate surface area is 159 Å². The minimum absolute atomic E-state index is 0.0494. The van der Waals surface area contributed by atoms with Gasteiger partial charge in [-0.3, -0.25) is 14.4 Å². The molecular weight excluding hydrogens is 362 g/mol. The average Bonchev–Trinajstić information content (AvgIpc) is 3.36. The molecule has 4 rings (SSSR count). The van der Waals surface area contributed by atoms with Crippen LogP contribution in [0.1, 0.15) is 43.8 Å². The molecule has 0 radical (unpaired) electrons. The van der Waals surface area contributed by atoms with Crippen LogP contribution in [0.4, 0.5) is 0 Å². The third-order valence-corrected chi connectivity index (χ3v) is 6.14. The topological polar surface area (TPSA) is 82.3 Å². The van der Waals surface area contributed by atoms with Crippen molar-refractivity contribution in [3.8, 4) is 0 Å². The summed E-state index contributed by atoms with van der Waals surface area (Å²) in [6.45, 7) is 0.657. The number of fused-ring (bicyclic) bond motifs is 1. The summed E-state index contributed by atoms with van der Waals surface area (Å²) in [5.41, 5.74) is 0.300. The number of amides is 2. The van der Waals surface area contributed by atoms with Crippen molar-refractivity contribution in [1.29, 1.82) is 0 Å². The van der Waals surface area contributed by atoms with Gasteiger partial charge < -0.3 is 15.2 Å². The second kappa shape index (κ2) is 7.00. The van der Waals surface area contributed by atoms with E-state index in [2.05, 4.69) is 10.3 Å². The van der Waals surface area contributed by atoms with E-state index in [-0.39, 0.29) is 23.4 Å². The van der Waals surface area contributed by atoms with Crippen LogP contribution in [0.25, 0.3) is 10.8 Å². The maximum Gasteiger partial charge on any atom is 0.261 e. The van der Waals surface area contributed by atoms with Gasteiger partial charge in [0.05, 0.1) is 16.5 Å². The van der Waals surface area contributed by atoms with Gasteiger partial charge in [-0.25, -0.2) is 0 Å². The predicted octanol–water partition coefficient (Wildman–Crippen LogP) is 2.93. The molecule has 2 aromatic heterocycles. The molecule has 1 atom stereocenters. The number of thiophene rings is 1. The normalized spacial score (nSPS) is 16.6. The number of hydrogen-bond acceptors (Lipinski definition) is 4. The van der Waals surface area contributed by atoms with E-state index in [1.54, 1.807) is 31.3 Å². The van der Waals surface area contributed by atoms with Gasteiger partial charge in [0.1, 0.15) is 0 Å². The summed E-state index contributed by atoms with van der Waals surface area (Å²) in [7, 11) is 1.61. The Morgan fingerprint density at radius 1 is 1.19 bits per heavy atom. The number of hydrogen-bond donors (Lipinski definition) is 2. The summed E-state index contributed by atoms with van der Waals surface area (Å²) >= 11 is 1.42. The van der Waals surface area contributed by atoms with E-state index >= 15 is 0 Å². The monoisotopic (exact) mass is 381 g/mol. The van der Waals surface area contributed by atoms with Crippen molar-refractivity contribution in [2.24, 2.45) is 0 Å². The number of aromatic nitrogens is 1. The van der Waals surface area contributed by atoms with Crippen molar-refractivity contribution in [3.63, 3.8) is 0 Å². The summed E-state index contributed by atoms with van der Waals surface area (Å²) < 4.78 is 0. The number of rotatable bonds is 3. The molecule has 0 spiro atoms. The van der Waals surface area contributed by atoms with Crippen molar-refractivity contribution in [1.82, 2.24) is 15.2 Å². The largest absolute Gasteiger partial charge is 0.354 e. The van der Waals surface area contributed by atoms with E-state index in [0.29, 0.717) is 27.8 Å². The van der Waals surface area contributed by atoms with Crippen LogP contribution in [-0.4, -0.2) is 35.3 Å². The quantitative estimate of drug-likeness (QED) is 0.732. The first-order valence-electron chi connectivity index (χ1n) is 8.83. The van der Waals surface area contributed by atoms with E-state index in [0.717, 1.165) is 17.7 Å². The molecule has 3 aromatic rings. The lowest BCUT2D eigenvalue weighted by molar-refractivity contribution is 0.0739. The SMILES string of the molecule is CNC(=O)c1ccc([C@H]2CCCN2C(=O)c2c[nH]c(=O)c3ccccc23)s1. The van der Waals surface area contributed by atoms with Crippen molar-refractivity contribution in [3.05, 3.63) is 68.3 Å². The van der Waals surface area contributed by atoms with Gasteiger partial charge in [-0.15, -0.1) is 11.3 Å². The van der Waals surface area contributed by atoms with Crippen LogP contribution in [0.15, 0.2) is 47.4 Å². The minimum atomic E-state index is -0.200. The molecule has 3 heterocycles. The number of nitrogens with one attached hydrogen (secondary N) is 2. The van der Waals surface area contributed by atoms with Crippen LogP contribution >= 0.6 is 11.3 Å². The summed E-state index contributed by atoms with van der Waals surface area (Å²) in [4.78, 5) is 43.3. The lowest BCUT2D eigenvalue weighted by Gasteiger charge is -2.24. The molecule has 1 aromatic carbocycles. The van der Waals surface area contributed by atoms with Crippen LogP contribution < -0.4 is 10.9 Å². The minimum Gasteiger partial charge on any atom is -0.354 e. The molecule has 1 fully saturated rings. The second-order valence-electron chi connectivity index (χ2n) is 6.51. The van der Waals surface area contributed by atoms with Crippen LogP contribution in [0.3, 0.4) is 0 Å². The number of aromatic amines is 1. The highest BCUT2D eigenvalue weighted by atomic mass is 32.1. The number of carbonyl (C=O) groups excluding carboxylic acids is 2. The van der Waals surface area contributed by atoms with Crippen LogP contribution in [0.5, 0.6) is 0 Å². The maximum absolute atomic E-state index is 13.3. The Morgan fingerprint density at radius 3 is 2.74 bits per heavy atom. The fourth-order valence-electron chi connectivity index (χ4n) is 3.62. The smallest absolute Gasteiger partial charge is 0.261 e. The van der Waals surface area contributed by atoms with Gasteiger partial charge in [0.2, 0.25) is 0 Å². The first-order chi connectivity index (χ1) is 13.1. The number of carbonyl (C=O) groups is 2. The Morgan fingerprint density at radius 2 is 1.96 bits per heavy atom. The Balaban J connectivity index is 1.70. The average molecular weight is 381 g/mol. The zero-order valence-corrected chi connectivity index (χ0v) is 15.6. The third-order valence-electron chi connectivity index (χ3n) is 4.96. The molecule has 138 valence electrons. The standard InChI is InChI=1S/C20H19N3O3S/c1-21-19(25)17-9-8-16(27-17)15-7-4-10-23(15)20(26)14-11-22-18(24)13-6-3-2-5-12(13)14/h2-3,5-6,8-9,11,15H,4,7,10H2,1H3,(H,21,25)(H,22,24)/t15-/m1/s1. The highest BCUT2D eigenvalue weighted by molar-refractivity contribution is 7.14. The Bertz CT molecular complexity index is 1090. The van der Waals surface area contributed by atoms with Gasteiger partial charge in [0, 0.05) is 35.4 Å². The third kappa shape index (κ3) is 3.04. The Hall–Kier alpha value is -2.93. The summed E-state index contributed by atoms with van der Waals surface area (Å²) in [6, 6.07) is 10.8. The van der Waals surface area contributed by atoms with Gasteiger partial charge in [-0.1, -0.05) is 18.2 Å². The highest BCUT2D eigenvalue weighted by Gasteiger charge is 2.32. The van der Waals surface area contributed by atoms with E-state index in [1.807, 2.05) is 17.0 Å². The molecular formula is C20H19N3O3S. The van der Waals surface area contributed by atoms with E-state index < -0.39 is 0 Å². The van der Waals surface area contributed by atoms with E-state index in [4.69, 9.17) is 0 Å². The number of H-pyrrole nitrogens is 1. The molecule has 1 aliphatic heterocycles. The molecule has 1 aliphatic rings. The molecule has 6 nitrogen and oxygen atoms in total. The second-order valence-corrected chi connectivity index (χ2v) is 7.63. The van der Waals surface area contributed by atoms with Gasteiger partial charge in [-0.2, -0.15) is 0 Å². The molecule has 2 N–H and O–H groups in total. The molecule has 0 bridgehead atoms. The molecule has 1 saturated heterocycles. The summed E-state index contributed by atoms with van der Waals surface area (Å²) in [5.74, 6) is -0.214. The number of likely N-dealkylation sites (tertiary alicyclic amines) is 1. The molecule has 2 amide bonds. The van der Waals surface area contributed by atoms with Gasteiger partial charge >= 0.3 is 0 Å². The highest BCUT2D eigenvalue weighted by Crippen LogP contribution is 2.37. The van der Waals surface area contributed by atoms with Crippen molar-refractivity contribution < 1.29 is 9.59 Å². The van der Waals surface area contributed by atoms with Crippen LogP contribution in [0, 0.1) is 0 Å². The summed E-state index contributed by atoms with van der Waals surface area (Å²) in [6.07, 6.45) is 3.28. The fraction of sp³-hybridized carbons (Fsp3) is 0.250. The summed E-state index contributed by atoms with van der Waals surface area (Å²) in [5, 5.41) is 3.80. The fourth-order valence-corrected chi connectivity index (χ4v) is 4.73. The molecule has 0 saturated carbocycles. The zero-order chi connectivity index (χ0) is 19.0. The number of benzene rings is 1. The zero-order valence-electron chi connectivity index (χ0n) is 14.8. The van der Waals surface area contributed by atoms with Crippen molar-refractivity contribution in [2.75, 3.05) is 13.6 Å². The van der Waals surface area contributed by atoms with Crippen molar-refractivity contribution in [2.45, 2.75) is 18.9 Å². The lowest BCUT2D eigenvalue weighted by atomic mass is 10.1. The van der Waals surface area contributed by atoms with Crippen LogP contribution in [0.2, 0.25) is 0 Å². The molecule has 0 unspecified atom stereocenters. The maximum atomic E-state index is 13.3. The van der Waals surface area contributed by atoms with Gasteiger partial charge in [-0.05, 0) is 31.0 Å². The lowest BCUT2D eigenvalue weighted by Crippen LogP contribution is -2.31. The van der Waals surface area contributed by atoms with Gasteiger partial charge in [0.15, 0.2) is 0 Å². The number of pyridine rings is 1. The Kier molecular flexibility index (Phi) is 4.53. The molecule has 0 aliphatic carbocycles.